The minimum atomic E-state index is -0.652. The van der Waals surface area contributed by atoms with Gasteiger partial charge in [0.1, 0.15) is 17.5 Å². The van der Waals surface area contributed by atoms with Gasteiger partial charge in [-0.3, -0.25) is 0 Å². The molecule has 4 heterocycles. The van der Waals surface area contributed by atoms with Crippen LogP contribution in [0, 0.1) is 5.82 Å². The summed E-state index contributed by atoms with van der Waals surface area (Å²) < 4.78 is 31.4. The quantitative estimate of drug-likeness (QED) is 0.703. The highest BCUT2D eigenvalue weighted by Crippen LogP contribution is 2.29. The Labute approximate surface area is 181 Å². The van der Waals surface area contributed by atoms with Crippen molar-refractivity contribution in [3.05, 3.63) is 17.2 Å². The lowest BCUT2D eigenvalue weighted by atomic mass is 10.2. The molecule has 0 aromatic carbocycles. The molecule has 2 atom stereocenters. The number of nitrogens with one attached hydrogen (secondary N) is 2. The zero-order chi connectivity index (χ0) is 22.1. The number of methoxy groups -OCH3 is 1. The summed E-state index contributed by atoms with van der Waals surface area (Å²) in [4.78, 5) is 14.3. The van der Waals surface area contributed by atoms with E-state index in [2.05, 4.69) is 37.4 Å². The molecular formula is C20H31ClF2N6O. The number of ether oxygens (including phenoxy) is 1. The number of nitrogens with zero attached hydrogens (tertiary/aromatic N) is 4. The summed E-state index contributed by atoms with van der Waals surface area (Å²) in [7, 11) is 1.45. The van der Waals surface area contributed by atoms with Crippen LogP contribution in [0.25, 0.3) is 10.9 Å². The number of alkyl halides is 1. The van der Waals surface area contributed by atoms with E-state index in [1.807, 2.05) is 13.8 Å². The Kier molecular flexibility index (Phi) is 9.87. The van der Waals surface area contributed by atoms with Crippen molar-refractivity contribution < 1.29 is 13.5 Å². The second-order valence-electron chi connectivity index (χ2n) is 6.74. The lowest BCUT2D eigenvalue weighted by molar-refractivity contribution is 0.354. The average molecular weight is 445 g/mol. The third kappa shape index (κ3) is 6.09. The number of pyridine rings is 1. The fourth-order valence-corrected chi connectivity index (χ4v) is 3.43. The highest BCUT2D eigenvalue weighted by atomic mass is 35.5. The van der Waals surface area contributed by atoms with E-state index in [0.717, 1.165) is 39.0 Å². The summed E-state index contributed by atoms with van der Waals surface area (Å²) in [5.41, 5.74) is 0.130. The molecule has 0 spiro atoms. The van der Waals surface area contributed by atoms with Crippen molar-refractivity contribution in [3.63, 3.8) is 0 Å². The minimum absolute atomic E-state index is 0.118. The summed E-state index contributed by atoms with van der Waals surface area (Å²) in [6, 6.07) is 0.567. The van der Waals surface area contributed by atoms with Crippen LogP contribution >= 0.6 is 11.6 Å². The molecule has 0 amide bonds. The van der Waals surface area contributed by atoms with Crippen LogP contribution in [0.15, 0.2) is 6.20 Å². The highest BCUT2D eigenvalue weighted by Gasteiger charge is 2.21. The standard InChI is InChI=1S/C12H13ClFN5O.C6H12FN.C2H6/c1-20-12-17-9-7(6-16-10(13)8(9)14)11(18-12)19-4-2-15-3-5-19;1-2-6-3-5(7)4-8-6;1-2/h6,15H,2-5H2,1H3;5-6,8H,2-4H2,1H3;1-2H3. The van der Waals surface area contributed by atoms with Crippen molar-refractivity contribution in [1.29, 1.82) is 0 Å². The number of aromatic nitrogens is 3. The number of piperazine rings is 1. The van der Waals surface area contributed by atoms with Gasteiger partial charge in [0.2, 0.25) is 0 Å². The first-order chi connectivity index (χ1) is 14.5. The van der Waals surface area contributed by atoms with E-state index in [9.17, 15) is 8.78 Å². The first-order valence-electron chi connectivity index (χ1n) is 10.4. The van der Waals surface area contributed by atoms with Gasteiger partial charge in [0.05, 0.1) is 12.5 Å². The monoisotopic (exact) mass is 444 g/mol. The van der Waals surface area contributed by atoms with Crippen molar-refractivity contribution in [2.45, 2.75) is 45.8 Å². The summed E-state index contributed by atoms with van der Waals surface area (Å²) in [6.45, 7) is 9.89. The Balaban J connectivity index is 0.000000269. The normalized spacial score (nSPS) is 20.8. The fraction of sp³-hybridized carbons (Fsp3) is 0.650. The molecule has 30 heavy (non-hydrogen) atoms. The molecule has 0 saturated carbocycles. The summed E-state index contributed by atoms with van der Waals surface area (Å²) in [5.74, 6) is -0.0299. The average Bonchev–Trinajstić information content (AvgIpc) is 3.23. The van der Waals surface area contributed by atoms with Crippen LogP contribution in [0.1, 0.15) is 33.6 Å². The predicted molar refractivity (Wildman–Crippen MR) is 117 cm³/mol. The van der Waals surface area contributed by atoms with E-state index in [4.69, 9.17) is 16.3 Å². The second-order valence-corrected chi connectivity index (χ2v) is 7.10. The number of hydrogen-bond acceptors (Lipinski definition) is 7. The van der Waals surface area contributed by atoms with Gasteiger partial charge >= 0.3 is 6.01 Å². The Bertz CT molecular complexity index is 806. The third-order valence-corrected chi connectivity index (χ3v) is 5.12. The van der Waals surface area contributed by atoms with Crippen LogP contribution in [-0.4, -0.2) is 67.0 Å². The van der Waals surface area contributed by atoms with E-state index in [-0.39, 0.29) is 16.7 Å². The second kappa shape index (κ2) is 12.1. The number of hydrogen-bond donors (Lipinski definition) is 2. The summed E-state index contributed by atoms with van der Waals surface area (Å²) in [5, 5.41) is 6.67. The van der Waals surface area contributed by atoms with Crippen molar-refractivity contribution >= 4 is 28.3 Å². The maximum absolute atomic E-state index is 14.1. The van der Waals surface area contributed by atoms with E-state index >= 15 is 0 Å². The minimum Gasteiger partial charge on any atom is -0.467 e. The van der Waals surface area contributed by atoms with Gasteiger partial charge in [-0.05, 0) is 12.8 Å². The molecule has 2 aliphatic heterocycles. The molecule has 10 heteroatoms. The smallest absolute Gasteiger partial charge is 0.318 e. The van der Waals surface area contributed by atoms with Crippen LogP contribution in [-0.2, 0) is 0 Å². The van der Waals surface area contributed by atoms with Crippen LogP contribution in [0.2, 0.25) is 5.15 Å². The Hall–Kier alpha value is -1.84. The topological polar surface area (TPSA) is 75.2 Å². The van der Waals surface area contributed by atoms with Crippen LogP contribution in [0.4, 0.5) is 14.6 Å². The molecule has 2 unspecified atom stereocenters. The van der Waals surface area contributed by atoms with Gasteiger partial charge in [-0.25, -0.2) is 13.8 Å². The lowest BCUT2D eigenvalue weighted by Crippen LogP contribution is -2.44. The zero-order valence-corrected chi connectivity index (χ0v) is 18.8. The number of fused-ring (bicyclic) bond motifs is 1. The van der Waals surface area contributed by atoms with Crippen molar-refractivity contribution in [3.8, 4) is 6.01 Å². The van der Waals surface area contributed by atoms with Crippen LogP contribution in [0.5, 0.6) is 6.01 Å². The van der Waals surface area contributed by atoms with E-state index in [0.29, 0.717) is 23.8 Å². The Morgan fingerprint density at radius 2 is 1.97 bits per heavy atom. The SMILES string of the molecule is CC.CCC1CC(F)CN1.COc1nc(N2CCNCC2)c2cnc(Cl)c(F)c2n1. The first-order valence-corrected chi connectivity index (χ1v) is 10.8. The maximum atomic E-state index is 14.1. The molecule has 2 aromatic rings. The van der Waals surface area contributed by atoms with Gasteiger partial charge in [0, 0.05) is 45.0 Å². The van der Waals surface area contributed by atoms with Gasteiger partial charge in [0.25, 0.3) is 0 Å². The van der Waals surface area contributed by atoms with E-state index in [1.54, 1.807) is 0 Å². The molecule has 168 valence electrons. The molecule has 2 N–H and O–H groups in total. The molecule has 0 aliphatic carbocycles. The van der Waals surface area contributed by atoms with Crippen LogP contribution in [0.3, 0.4) is 0 Å². The number of rotatable bonds is 3. The summed E-state index contributed by atoms with van der Waals surface area (Å²) >= 11 is 5.71. The van der Waals surface area contributed by atoms with E-state index < -0.39 is 12.0 Å². The fourth-order valence-electron chi connectivity index (χ4n) is 3.29. The van der Waals surface area contributed by atoms with Gasteiger partial charge in [-0.1, -0.05) is 32.4 Å². The molecule has 4 rings (SSSR count). The predicted octanol–water partition coefficient (Wildman–Crippen LogP) is 3.36. The Morgan fingerprint density at radius 1 is 1.27 bits per heavy atom. The largest absolute Gasteiger partial charge is 0.467 e. The first kappa shape index (κ1) is 24.4. The third-order valence-electron chi connectivity index (χ3n) is 4.86. The Morgan fingerprint density at radius 3 is 2.50 bits per heavy atom. The molecule has 0 bridgehead atoms. The number of anilines is 1. The molecule has 0 radical (unpaired) electrons. The van der Waals surface area contributed by atoms with E-state index in [1.165, 1.54) is 13.3 Å². The molecule has 2 aliphatic rings. The van der Waals surface area contributed by atoms with Gasteiger partial charge in [0.15, 0.2) is 11.0 Å². The summed E-state index contributed by atoms with van der Waals surface area (Å²) in [6.07, 6.45) is 2.69. The van der Waals surface area contributed by atoms with Gasteiger partial charge in [-0.15, -0.1) is 0 Å². The zero-order valence-electron chi connectivity index (χ0n) is 18.0. The molecule has 2 fully saturated rings. The van der Waals surface area contributed by atoms with Crippen molar-refractivity contribution in [2.75, 3.05) is 44.7 Å². The maximum Gasteiger partial charge on any atom is 0.318 e. The van der Waals surface area contributed by atoms with Gasteiger partial charge in [-0.2, -0.15) is 9.97 Å². The molecule has 7 nitrogen and oxygen atoms in total. The van der Waals surface area contributed by atoms with Crippen molar-refractivity contribution in [1.82, 2.24) is 25.6 Å². The highest BCUT2D eigenvalue weighted by molar-refractivity contribution is 6.30. The number of halogens is 3. The molecule has 2 aromatic heterocycles. The van der Waals surface area contributed by atoms with Crippen molar-refractivity contribution in [2.24, 2.45) is 0 Å². The van der Waals surface area contributed by atoms with Gasteiger partial charge < -0.3 is 20.3 Å². The molecule has 2 saturated heterocycles. The lowest BCUT2D eigenvalue weighted by Gasteiger charge is -2.29. The molecular weight excluding hydrogens is 414 g/mol. The van der Waals surface area contributed by atoms with Crippen LogP contribution < -0.4 is 20.3 Å².